The molecule has 1 N–H and O–H groups in total. The third-order valence-electron chi connectivity index (χ3n) is 3.38. The first kappa shape index (κ1) is 11.6. The van der Waals surface area contributed by atoms with Crippen LogP contribution in [0.4, 0.5) is 0 Å². The lowest BCUT2D eigenvalue weighted by molar-refractivity contribution is 0.0810. The summed E-state index contributed by atoms with van der Waals surface area (Å²) < 4.78 is 5.05. The van der Waals surface area contributed by atoms with Crippen molar-refractivity contribution in [1.82, 2.24) is 10.1 Å². The zero-order valence-electron chi connectivity index (χ0n) is 10.0. The van der Waals surface area contributed by atoms with Crippen LogP contribution in [0.2, 0.25) is 0 Å². The summed E-state index contributed by atoms with van der Waals surface area (Å²) in [4.78, 5) is 2.31. The largest absolute Gasteiger partial charge is 0.393 e. The number of nitrogens with zero attached hydrogens (tertiary/aromatic N) is 2. The van der Waals surface area contributed by atoms with Crippen molar-refractivity contribution in [3.8, 4) is 0 Å². The van der Waals surface area contributed by atoms with E-state index in [2.05, 4.69) is 17.1 Å². The standard InChI is InChI=1S/C12H20N2O2/c1-9-7-10(13-16-9)8-14(2)11-3-5-12(15)6-4-11/h7,11-12,15H,3-6,8H2,1-2H3. The minimum atomic E-state index is -0.0843. The van der Waals surface area contributed by atoms with Gasteiger partial charge in [-0.3, -0.25) is 4.90 Å². The monoisotopic (exact) mass is 224 g/mol. The number of hydrogen-bond donors (Lipinski definition) is 1. The quantitative estimate of drug-likeness (QED) is 0.849. The number of aromatic nitrogens is 1. The molecule has 0 aliphatic heterocycles. The van der Waals surface area contributed by atoms with Crippen LogP contribution in [0, 0.1) is 6.92 Å². The number of aryl methyl sites for hydroxylation is 1. The Morgan fingerprint density at radius 3 is 2.69 bits per heavy atom. The average molecular weight is 224 g/mol. The van der Waals surface area contributed by atoms with E-state index in [0.29, 0.717) is 6.04 Å². The highest BCUT2D eigenvalue weighted by Gasteiger charge is 2.23. The minimum absolute atomic E-state index is 0.0843. The van der Waals surface area contributed by atoms with Gasteiger partial charge in [0.1, 0.15) is 5.76 Å². The molecule has 2 rings (SSSR count). The van der Waals surface area contributed by atoms with Gasteiger partial charge in [0.25, 0.3) is 0 Å². The lowest BCUT2D eigenvalue weighted by atomic mass is 9.92. The topological polar surface area (TPSA) is 49.5 Å². The maximum absolute atomic E-state index is 9.46. The predicted octanol–water partition coefficient (Wildman–Crippen LogP) is 1.72. The van der Waals surface area contributed by atoms with E-state index in [1.165, 1.54) is 0 Å². The summed E-state index contributed by atoms with van der Waals surface area (Å²) in [6.45, 7) is 2.74. The molecule has 0 aromatic carbocycles. The Morgan fingerprint density at radius 2 is 2.12 bits per heavy atom. The molecule has 1 fully saturated rings. The van der Waals surface area contributed by atoms with Crippen LogP contribution in [0.3, 0.4) is 0 Å². The van der Waals surface area contributed by atoms with E-state index in [4.69, 9.17) is 4.52 Å². The maximum atomic E-state index is 9.46. The second-order valence-corrected chi connectivity index (χ2v) is 4.81. The van der Waals surface area contributed by atoms with Gasteiger partial charge in [-0.2, -0.15) is 0 Å². The molecular weight excluding hydrogens is 204 g/mol. The molecule has 1 aliphatic rings. The number of aliphatic hydroxyl groups is 1. The van der Waals surface area contributed by atoms with Gasteiger partial charge in [0.15, 0.2) is 0 Å². The van der Waals surface area contributed by atoms with Gasteiger partial charge in [-0.1, -0.05) is 5.16 Å². The molecule has 1 aliphatic carbocycles. The van der Waals surface area contributed by atoms with Crippen LogP contribution in [0.15, 0.2) is 10.6 Å². The summed E-state index contributed by atoms with van der Waals surface area (Å²) in [6.07, 6.45) is 3.92. The molecule has 0 radical (unpaired) electrons. The molecule has 90 valence electrons. The molecule has 0 unspecified atom stereocenters. The molecule has 16 heavy (non-hydrogen) atoms. The van der Waals surface area contributed by atoms with Crippen LogP contribution in [0.25, 0.3) is 0 Å². The SMILES string of the molecule is Cc1cc(CN(C)C2CCC(O)CC2)no1. The molecule has 0 atom stereocenters. The van der Waals surface area contributed by atoms with Crippen molar-refractivity contribution < 1.29 is 9.63 Å². The van der Waals surface area contributed by atoms with Crippen LogP contribution in [0.5, 0.6) is 0 Å². The summed E-state index contributed by atoms with van der Waals surface area (Å²) in [5.74, 6) is 0.863. The van der Waals surface area contributed by atoms with E-state index in [1.807, 2.05) is 13.0 Å². The smallest absolute Gasteiger partial charge is 0.133 e. The molecule has 0 amide bonds. The van der Waals surface area contributed by atoms with Crippen LogP contribution in [-0.4, -0.2) is 34.4 Å². The van der Waals surface area contributed by atoms with E-state index in [0.717, 1.165) is 43.7 Å². The second-order valence-electron chi connectivity index (χ2n) is 4.81. The van der Waals surface area contributed by atoms with Gasteiger partial charge in [-0.15, -0.1) is 0 Å². The Balaban J connectivity index is 1.85. The van der Waals surface area contributed by atoms with E-state index in [-0.39, 0.29) is 6.10 Å². The molecule has 1 saturated carbocycles. The van der Waals surface area contributed by atoms with Crippen LogP contribution in [0.1, 0.15) is 37.1 Å². The highest BCUT2D eigenvalue weighted by Crippen LogP contribution is 2.23. The van der Waals surface area contributed by atoms with Gasteiger partial charge < -0.3 is 9.63 Å². The molecule has 0 saturated heterocycles. The molecule has 0 spiro atoms. The van der Waals surface area contributed by atoms with Gasteiger partial charge >= 0.3 is 0 Å². The first-order valence-corrected chi connectivity index (χ1v) is 5.95. The van der Waals surface area contributed by atoms with E-state index < -0.39 is 0 Å². The van der Waals surface area contributed by atoms with Gasteiger partial charge in [0.05, 0.1) is 11.8 Å². The van der Waals surface area contributed by atoms with Crippen molar-refractivity contribution in [2.45, 2.75) is 51.3 Å². The van der Waals surface area contributed by atoms with Gasteiger partial charge in [0.2, 0.25) is 0 Å². The van der Waals surface area contributed by atoms with Crippen LogP contribution in [-0.2, 0) is 6.54 Å². The van der Waals surface area contributed by atoms with Gasteiger partial charge in [0, 0.05) is 18.7 Å². The number of aliphatic hydroxyl groups excluding tert-OH is 1. The Bertz CT molecular complexity index is 330. The van der Waals surface area contributed by atoms with E-state index in [9.17, 15) is 5.11 Å². The van der Waals surface area contributed by atoms with Crippen LogP contribution < -0.4 is 0 Å². The number of hydrogen-bond acceptors (Lipinski definition) is 4. The molecule has 1 heterocycles. The van der Waals surface area contributed by atoms with Gasteiger partial charge in [-0.25, -0.2) is 0 Å². The fourth-order valence-corrected chi connectivity index (χ4v) is 2.38. The van der Waals surface area contributed by atoms with Gasteiger partial charge in [-0.05, 0) is 39.7 Å². The molecule has 1 aromatic rings. The Morgan fingerprint density at radius 1 is 1.44 bits per heavy atom. The zero-order chi connectivity index (χ0) is 11.5. The average Bonchev–Trinajstić information content (AvgIpc) is 2.65. The summed E-state index contributed by atoms with van der Waals surface area (Å²) >= 11 is 0. The van der Waals surface area contributed by atoms with Crippen molar-refractivity contribution in [3.05, 3.63) is 17.5 Å². The lowest BCUT2D eigenvalue weighted by Crippen LogP contribution is -2.35. The summed E-state index contributed by atoms with van der Waals surface area (Å²) in [5, 5.41) is 13.5. The Hall–Kier alpha value is -0.870. The van der Waals surface area contributed by atoms with E-state index in [1.54, 1.807) is 0 Å². The van der Waals surface area contributed by atoms with E-state index >= 15 is 0 Å². The molecule has 4 nitrogen and oxygen atoms in total. The molecular formula is C12H20N2O2. The Labute approximate surface area is 96.2 Å². The summed E-state index contributed by atoms with van der Waals surface area (Å²) in [6, 6.07) is 2.55. The van der Waals surface area contributed by atoms with Crippen molar-refractivity contribution >= 4 is 0 Å². The number of rotatable bonds is 3. The third kappa shape index (κ3) is 2.83. The molecule has 0 bridgehead atoms. The summed E-state index contributed by atoms with van der Waals surface area (Å²) in [5.41, 5.74) is 0.992. The fraction of sp³-hybridized carbons (Fsp3) is 0.750. The predicted molar refractivity (Wildman–Crippen MR) is 61.0 cm³/mol. The highest BCUT2D eigenvalue weighted by molar-refractivity contribution is 5.03. The zero-order valence-corrected chi connectivity index (χ0v) is 10.0. The van der Waals surface area contributed by atoms with Crippen LogP contribution >= 0.6 is 0 Å². The third-order valence-corrected chi connectivity index (χ3v) is 3.38. The molecule has 1 aromatic heterocycles. The normalized spacial score (nSPS) is 26.2. The van der Waals surface area contributed by atoms with Crippen molar-refractivity contribution in [2.24, 2.45) is 0 Å². The second kappa shape index (κ2) is 4.97. The summed E-state index contributed by atoms with van der Waals surface area (Å²) in [7, 11) is 2.12. The minimum Gasteiger partial charge on any atom is -0.393 e. The maximum Gasteiger partial charge on any atom is 0.133 e. The highest BCUT2D eigenvalue weighted by atomic mass is 16.5. The first-order chi connectivity index (χ1) is 7.65. The Kier molecular flexibility index (Phi) is 3.61. The van der Waals surface area contributed by atoms with Crippen molar-refractivity contribution in [2.75, 3.05) is 7.05 Å². The lowest BCUT2D eigenvalue weighted by Gasteiger charge is -2.32. The van der Waals surface area contributed by atoms with Crippen molar-refractivity contribution in [3.63, 3.8) is 0 Å². The first-order valence-electron chi connectivity index (χ1n) is 5.95. The molecule has 4 heteroatoms. The fourth-order valence-electron chi connectivity index (χ4n) is 2.38. The van der Waals surface area contributed by atoms with Crippen molar-refractivity contribution in [1.29, 1.82) is 0 Å².